The van der Waals surface area contributed by atoms with E-state index in [-0.39, 0.29) is 29.9 Å². The van der Waals surface area contributed by atoms with Crippen molar-refractivity contribution in [2.24, 2.45) is 0 Å². The quantitative estimate of drug-likeness (QED) is 0.630. The van der Waals surface area contributed by atoms with Crippen molar-refractivity contribution >= 4 is 50.4 Å². The summed E-state index contributed by atoms with van der Waals surface area (Å²) in [5.41, 5.74) is -0.551. The standard InChI is InChI=1S/C26H33N5O5S/c1-16(2)27-24(34)28-21-20(18-7-4-5-8-19(18)37-21)22(32)30-13-9-17(10-14-30)31-12-6-11-26(15-31)23(33)29(3)25(35)36-26/h4-5,7-8,16-17H,6,9-15H2,1-3H3,(H2,27,28,34). The molecule has 1 aromatic carbocycles. The minimum Gasteiger partial charge on any atom is -0.431 e. The molecule has 2 N–H and O–H groups in total. The van der Waals surface area contributed by atoms with Gasteiger partial charge >= 0.3 is 12.1 Å². The Hall–Kier alpha value is -3.18. The van der Waals surface area contributed by atoms with E-state index in [1.807, 2.05) is 43.0 Å². The van der Waals surface area contributed by atoms with Crippen LogP contribution in [0.4, 0.5) is 14.6 Å². The molecule has 3 fully saturated rings. The Balaban J connectivity index is 1.28. The van der Waals surface area contributed by atoms with Gasteiger partial charge in [0.05, 0.1) is 5.56 Å². The molecule has 37 heavy (non-hydrogen) atoms. The number of amides is 5. The van der Waals surface area contributed by atoms with Crippen LogP contribution < -0.4 is 10.6 Å². The number of imide groups is 1. The summed E-state index contributed by atoms with van der Waals surface area (Å²) in [6.07, 6.45) is 2.26. The van der Waals surface area contributed by atoms with Gasteiger partial charge in [-0.15, -0.1) is 11.3 Å². The highest BCUT2D eigenvalue weighted by Gasteiger charge is 2.55. The third-order valence-corrected chi connectivity index (χ3v) is 8.55. The molecule has 0 saturated carbocycles. The molecule has 11 heteroatoms. The van der Waals surface area contributed by atoms with Gasteiger partial charge in [-0.05, 0) is 52.1 Å². The number of fused-ring (bicyclic) bond motifs is 1. The molecule has 1 unspecified atom stereocenters. The topological polar surface area (TPSA) is 111 Å². The number of likely N-dealkylation sites (tertiary alicyclic amines) is 2. The van der Waals surface area contributed by atoms with Crippen LogP contribution in [0.25, 0.3) is 10.1 Å². The van der Waals surface area contributed by atoms with Crippen LogP contribution >= 0.6 is 11.3 Å². The molecular weight excluding hydrogens is 494 g/mol. The van der Waals surface area contributed by atoms with Crippen molar-refractivity contribution in [3.8, 4) is 0 Å². The average Bonchev–Trinajstić information content (AvgIpc) is 3.33. The van der Waals surface area contributed by atoms with Gasteiger partial charge in [0, 0.05) is 48.9 Å². The lowest BCUT2D eigenvalue weighted by Crippen LogP contribution is -2.57. The lowest BCUT2D eigenvalue weighted by Gasteiger charge is -2.44. The molecule has 1 atom stereocenters. The maximum Gasteiger partial charge on any atom is 0.417 e. The number of nitrogens with one attached hydrogen (secondary N) is 2. The van der Waals surface area contributed by atoms with Crippen molar-refractivity contribution in [2.45, 2.75) is 57.2 Å². The van der Waals surface area contributed by atoms with Crippen LogP contribution in [0.5, 0.6) is 0 Å². The number of rotatable bonds is 4. The van der Waals surface area contributed by atoms with Crippen LogP contribution in [0.3, 0.4) is 0 Å². The highest BCUT2D eigenvalue weighted by atomic mass is 32.1. The Kier molecular flexibility index (Phi) is 6.84. The third-order valence-electron chi connectivity index (χ3n) is 7.46. The minimum absolute atomic E-state index is 0.0232. The van der Waals surface area contributed by atoms with E-state index in [2.05, 4.69) is 15.5 Å². The van der Waals surface area contributed by atoms with Gasteiger partial charge in [0.1, 0.15) is 5.00 Å². The summed E-state index contributed by atoms with van der Waals surface area (Å²) in [6, 6.07) is 7.54. The van der Waals surface area contributed by atoms with E-state index in [4.69, 9.17) is 4.74 Å². The Labute approximate surface area is 219 Å². The number of ether oxygens (including phenoxy) is 1. The summed E-state index contributed by atoms with van der Waals surface area (Å²) < 4.78 is 6.49. The number of likely N-dealkylation sites (N-methyl/N-ethyl adjacent to an activating group) is 1. The van der Waals surface area contributed by atoms with E-state index in [0.29, 0.717) is 36.6 Å². The zero-order chi connectivity index (χ0) is 26.3. The van der Waals surface area contributed by atoms with Crippen molar-refractivity contribution in [3.63, 3.8) is 0 Å². The normalized spacial score (nSPS) is 23.2. The smallest absolute Gasteiger partial charge is 0.417 e. The molecule has 3 saturated heterocycles. The number of hydrogen-bond donors (Lipinski definition) is 2. The Morgan fingerprint density at radius 2 is 1.86 bits per heavy atom. The number of thiophene rings is 1. The number of nitrogens with zero attached hydrogens (tertiary/aromatic N) is 3. The van der Waals surface area contributed by atoms with Crippen molar-refractivity contribution in [2.75, 3.05) is 38.5 Å². The van der Waals surface area contributed by atoms with Crippen molar-refractivity contribution in [1.29, 1.82) is 0 Å². The first-order valence-electron chi connectivity index (χ1n) is 12.8. The molecule has 5 amide bonds. The number of urea groups is 1. The van der Waals surface area contributed by atoms with Crippen molar-refractivity contribution in [1.82, 2.24) is 20.0 Å². The lowest BCUT2D eigenvalue weighted by molar-refractivity contribution is -0.141. The first kappa shape index (κ1) is 25.5. The maximum absolute atomic E-state index is 13.7. The maximum atomic E-state index is 13.7. The summed E-state index contributed by atoms with van der Waals surface area (Å²) >= 11 is 1.40. The van der Waals surface area contributed by atoms with Gasteiger partial charge < -0.3 is 15.0 Å². The van der Waals surface area contributed by atoms with Gasteiger partial charge in [-0.2, -0.15) is 0 Å². The summed E-state index contributed by atoms with van der Waals surface area (Å²) in [5, 5.41) is 7.09. The molecule has 1 spiro atoms. The number of benzene rings is 1. The largest absolute Gasteiger partial charge is 0.431 e. The fourth-order valence-corrected chi connectivity index (χ4v) is 6.72. The van der Waals surface area contributed by atoms with E-state index in [9.17, 15) is 19.2 Å². The Morgan fingerprint density at radius 3 is 2.54 bits per heavy atom. The summed E-state index contributed by atoms with van der Waals surface area (Å²) in [6.45, 7) is 6.15. The molecule has 198 valence electrons. The summed E-state index contributed by atoms with van der Waals surface area (Å²) in [7, 11) is 1.46. The van der Waals surface area contributed by atoms with Gasteiger partial charge in [0.2, 0.25) is 5.60 Å². The van der Waals surface area contributed by atoms with Gasteiger partial charge in [-0.3, -0.25) is 19.8 Å². The molecule has 3 aliphatic heterocycles. The first-order chi connectivity index (χ1) is 17.7. The molecule has 3 aliphatic rings. The molecule has 4 heterocycles. The van der Waals surface area contributed by atoms with Crippen LogP contribution in [0.1, 0.15) is 49.9 Å². The number of carbonyl (C=O) groups is 4. The van der Waals surface area contributed by atoms with E-state index >= 15 is 0 Å². The zero-order valence-corrected chi connectivity index (χ0v) is 22.2. The SMILES string of the molecule is CC(C)NC(=O)Nc1sc2ccccc2c1C(=O)N1CCC(N2CCCC3(C2)OC(=O)N(C)C3=O)CC1. The molecule has 5 rings (SSSR count). The monoisotopic (exact) mass is 527 g/mol. The number of hydrogen-bond acceptors (Lipinski definition) is 7. The lowest BCUT2D eigenvalue weighted by atomic mass is 9.89. The predicted octanol–water partition coefficient (Wildman–Crippen LogP) is 3.48. The summed E-state index contributed by atoms with van der Waals surface area (Å²) in [4.78, 5) is 56.1. The van der Waals surface area contributed by atoms with E-state index < -0.39 is 11.7 Å². The second-order valence-electron chi connectivity index (χ2n) is 10.4. The van der Waals surface area contributed by atoms with Crippen molar-refractivity contribution in [3.05, 3.63) is 29.8 Å². The van der Waals surface area contributed by atoms with E-state index in [1.165, 1.54) is 18.4 Å². The van der Waals surface area contributed by atoms with Crippen LogP contribution in [-0.4, -0.2) is 89.5 Å². The number of carbonyl (C=O) groups excluding carboxylic acids is 4. The molecule has 0 aliphatic carbocycles. The van der Waals surface area contributed by atoms with E-state index in [1.54, 1.807) is 0 Å². The molecule has 10 nitrogen and oxygen atoms in total. The van der Waals surface area contributed by atoms with Gasteiger partial charge in [-0.25, -0.2) is 14.5 Å². The highest BCUT2D eigenvalue weighted by Crippen LogP contribution is 2.38. The van der Waals surface area contributed by atoms with Gasteiger partial charge in [0.25, 0.3) is 11.8 Å². The van der Waals surface area contributed by atoms with Crippen molar-refractivity contribution < 1.29 is 23.9 Å². The average molecular weight is 528 g/mol. The number of piperidine rings is 2. The highest BCUT2D eigenvalue weighted by molar-refractivity contribution is 7.23. The molecule has 0 bridgehead atoms. The predicted molar refractivity (Wildman–Crippen MR) is 141 cm³/mol. The van der Waals surface area contributed by atoms with Crippen LogP contribution in [0.15, 0.2) is 24.3 Å². The second kappa shape index (κ2) is 9.94. The van der Waals surface area contributed by atoms with Gasteiger partial charge in [-0.1, -0.05) is 18.2 Å². The van der Waals surface area contributed by atoms with Gasteiger partial charge in [0.15, 0.2) is 0 Å². The fourth-order valence-electron chi connectivity index (χ4n) is 5.63. The second-order valence-corrected chi connectivity index (χ2v) is 11.4. The van der Waals surface area contributed by atoms with E-state index in [0.717, 1.165) is 40.8 Å². The third kappa shape index (κ3) is 4.77. The van der Waals surface area contributed by atoms with Crippen LogP contribution in [-0.2, 0) is 9.53 Å². The molecule has 1 aromatic heterocycles. The molecule has 2 aromatic rings. The summed E-state index contributed by atoms with van der Waals surface area (Å²) in [5.74, 6) is -0.354. The number of anilines is 1. The Bertz CT molecular complexity index is 1240. The zero-order valence-electron chi connectivity index (χ0n) is 21.4. The fraction of sp³-hybridized carbons (Fsp3) is 0.538. The first-order valence-corrected chi connectivity index (χ1v) is 13.6. The Morgan fingerprint density at radius 1 is 1.14 bits per heavy atom. The van der Waals surface area contributed by atoms with Crippen LogP contribution in [0.2, 0.25) is 0 Å². The molecular formula is C26H33N5O5S. The minimum atomic E-state index is -1.08. The van der Waals surface area contributed by atoms with Crippen LogP contribution in [0, 0.1) is 0 Å². The molecule has 0 radical (unpaired) electrons.